The Hall–Kier alpha value is -3.94. The molecule has 0 saturated carbocycles. The van der Waals surface area contributed by atoms with Gasteiger partial charge in [0.15, 0.2) is 17.3 Å². The molecular weight excluding hydrogens is 472 g/mol. The van der Waals surface area contributed by atoms with Crippen LogP contribution in [0.3, 0.4) is 0 Å². The first-order valence-electron chi connectivity index (χ1n) is 12.1. The minimum atomic E-state index is -0.677. The highest BCUT2D eigenvalue weighted by atomic mass is 16.5. The Labute approximate surface area is 217 Å². The third-order valence-electron chi connectivity index (χ3n) is 6.89. The monoisotopic (exact) mass is 506 g/mol. The van der Waals surface area contributed by atoms with E-state index in [1.54, 1.807) is 52.7 Å². The number of allylic oxidation sites excluding steroid dienone is 3. The molecule has 0 aromatic heterocycles. The summed E-state index contributed by atoms with van der Waals surface area (Å²) in [5.74, 6) is 0.964. The largest absolute Gasteiger partial charge is 0.496 e. The summed E-state index contributed by atoms with van der Waals surface area (Å²) < 4.78 is 22.2. The number of para-hydroxylation sites is 2. The molecule has 8 nitrogen and oxygen atoms in total. The molecule has 0 fully saturated rings. The maximum absolute atomic E-state index is 13.9. The summed E-state index contributed by atoms with van der Waals surface area (Å²) in [6.45, 7) is 6.00. The Kier molecular flexibility index (Phi) is 7.21. The molecule has 2 aliphatic rings. The SMILES string of the molecule is COc1ccccc1NC(=O)C1=C(C)NC2=C(C(=O)CC(C)(C)C2)[C@H]1c1cc(OC)c(OC)cc1OC. The van der Waals surface area contributed by atoms with Crippen LogP contribution in [-0.4, -0.2) is 40.1 Å². The third kappa shape index (κ3) is 4.88. The van der Waals surface area contributed by atoms with Crippen molar-refractivity contribution in [3.8, 4) is 23.0 Å². The summed E-state index contributed by atoms with van der Waals surface area (Å²) in [6.07, 6.45) is 1.05. The van der Waals surface area contributed by atoms with E-state index in [-0.39, 0.29) is 17.1 Å². The average molecular weight is 507 g/mol. The Balaban J connectivity index is 1.92. The topological polar surface area (TPSA) is 95.1 Å². The number of ketones is 1. The minimum Gasteiger partial charge on any atom is -0.496 e. The van der Waals surface area contributed by atoms with Crippen molar-refractivity contribution in [3.63, 3.8) is 0 Å². The van der Waals surface area contributed by atoms with E-state index in [1.165, 1.54) is 0 Å². The molecule has 37 heavy (non-hydrogen) atoms. The van der Waals surface area contributed by atoms with Gasteiger partial charge in [-0.25, -0.2) is 0 Å². The van der Waals surface area contributed by atoms with Crippen LogP contribution in [0.2, 0.25) is 0 Å². The van der Waals surface area contributed by atoms with Gasteiger partial charge in [-0.1, -0.05) is 26.0 Å². The molecule has 2 aromatic carbocycles. The van der Waals surface area contributed by atoms with Crippen molar-refractivity contribution in [1.82, 2.24) is 5.32 Å². The van der Waals surface area contributed by atoms with Gasteiger partial charge in [0, 0.05) is 40.6 Å². The molecule has 4 rings (SSSR count). The Morgan fingerprint density at radius 3 is 2.19 bits per heavy atom. The molecule has 1 atom stereocenters. The molecule has 0 unspecified atom stereocenters. The predicted molar refractivity (Wildman–Crippen MR) is 141 cm³/mol. The number of nitrogens with one attached hydrogen (secondary N) is 2. The molecule has 0 spiro atoms. The van der Waals surface area contributed by atoms with Gasteiger partial charge in [0.2, 0.25) is 0 Å². The zero-order valence-corrected chi connectivity index (χ0v) is 22.4. The average Bonchev–Trinajstić information content (AvgIpc) is 2.86. The molecule has 0 radical (unpaired) electrons. The lowest BCUT2D eigenvalue weighted by atomic mass is 9.68. The Bertz CT molecular complexity index is 1310. The van der Waals surface area contributed by atoms with Crippen molar-refractivity contribution in [2.75, 3.05) is 33.8 Å². The van der Waals surface area contributed by atoms with Gasteiger partial charge in [-0.05, 0) is 37.0 Å². The van der Waals surface area contributed by atoms with E-state index < -0.39 is 5.92 Å². The standard InChI is InChI=1S/C29H34N2O6/c1-16-25(28(33)31-18-10-8-9-11-21(18)34-4)26(27-19(30-16)14-29(2,3)15-20(27)32)17-12-23(36-6)24(37-7)13-22(17)35-5/h8-13,26,30H,14-15H2,1-7H3,(H,31,33)/t26-/m0/s1. The van der Waals surface area contributed by atoms with Gasteiger partial charge in [-0.15, -0.1) is 0 Å². The van der Waals surface area contributed by atoms with Crippen molar-refractivity contribution in [2.45, 2.75) is 39.5 Å². The summed E-state index contributed by atoms with van der Waals surface area (Å²) in [5, 5.41) is 6.37. The number of methoxy groups -OCH3 is 4. The van der Waals surface area contributed by atoms with E-state index in [2.05, 4.69) is 24.5 Å². The lowest BCUT2D eigenvalue weighted by Crippen LogP contribution is -2.39. The molecular formula is C29H34N2O6. The smallest absolute Gasteiger partial charge is 0.254 e. The van der Waals surface area contributed by atoms with E-state index in [1.807, 2.05) is 19.1 Å². The molecule has 0 saturated heterocycles. The quantitative estimate of drug-likeness (QED) is 0.548. The third-order valence-corrected chi connectivity index (χ3v) is 6.89. The number of hydrogen-bond acceptors (Lipinski definition) is 7. The normalized spacial score (nSPS) is 18.6. The number of carbonyl (C=O) groups excluding carboxylic acids is 2. The highest BCUT2D eigenvalue weighted by molar-refractivity contribution is 6.10. The Morgan fingerprint density at radius 1 is 0.919 bits per heavy atom. The second kappa shape index (κ2) is 10.2. The van der Waals surface area contributed by atoms with Crippen molar-refractivity contribution in [2.24, 2.45) is 5.41 Å². The molecule has 1 amide bonds. The number of carbonyl (C=O) groups is 2. The van der Waals surface area contributed by atoms with E-state index in [4.69, 9.17) is 18.9 Å². The molecule has 196 valence electrons. The summed E-state index contributed by atoms with van der Waals surface area (Å²) in [6, 6.07) is 10.7. The van der Waals surface area contributed by atoms with Crippen LogP contribution in [-0.2, 0) is 9.59 Å². The maximum atomic E-state index is 13.9. The number of amides is 1. The highest BCUT2D eigenvalue weighted by Crippen LogP contribution is 2.50. The molecule has 1 heterocycles. The van der Waals surface area contributed by atoms with Crippen LogP contribution in [0.5, 0.6) is 23.0 Å². The highest BCUT2D eigenvalue weighted by Gasteiger charge is 2.44. The van der Waals surface area contributed by atoms with Crippen LogP contribution in [0.1, 0.15) is 45.1 Å². The number of Topliss-reactive ketones (excluding diaryl/α,β-unsaturated/α-hetero) is 1. The summed E-state index contributed by atoms with van der Waals surface area (Å²) in [7, 11) is 6.20. The van der Waals surface area contributed by atoms with E-state index in [0.717, 1.165) is 5.70 Å². The summed E-state index contributed by atoms with van der Waals surface area (Å²) >= 11 is 0. The van der Waals surface area contributed by atoms with Crippen LogP contribution in [0.4, 0.5) is 5.69 Å². The zero-order valence-electron chi connectivity index (χ0n) is 22.4. The van der Waals surface area contributed by atoms with Gasteiger partial charge in [0.05, 0.1) is 40.0 Å². The van der Waals surface area contributed by atoms with E-state index in [0.29, 0.717) is 63.9 Å². The first kappa shape index (κ1) is 26.1. The van der Waals surface area contributed by atoms with Gasteiger partial charge in [0.25, 0.3) is 5.91 Å². The second-order valence-corrected chi connectivity index (χ2v) is 10.0. The Morgan fingerprint density at radius 2 is 1.54 bits per heavy atom. The van der Waals surface area contributed by atoms with Crippen molar-refractivity contribution < 1.29 is 28.5 Å². The van der Waals surface area contributed by atoms with Crippen LogP contribution >= 0.6 is 0 Å². The molecule has 8 heteroatoms. The number of rotatable bonds is 7. The molecule has 1 aliphatic carbocycles. The lowest BCUT2D eigenvalue weighted by Gasteiger charge is -2.40. The fourth-order valence-corrected chi connectivity index (χ4v) is 5.26. The van der Waals surface area contributed by atoms with Gasteiger partial charge < -0.3 is 29.6 Å². The van der Waals surface area contributed by atoms with Crippen LogP contribution in [0.25, 0.3) is 0 Å². The second-order valence-electron chi connectivity index (χ2n) is 10.0. The minimum absolute atomic E-state index is 0.00400. The van der Waals surface area contributed by atoms with Gasteiger partial charge in [-0.3, -0.25) is 9.59 Å². The van der Waals surface area contributed by atoms with E-state index in [9.17, 15) is 9.59 Å². The van der Waals surface area contributed by atoms with Crippen LogP contribution < -0.4 is 29.6 Å². The number of ether oxygens (including phenoxy) is 4. The summed E-state index contributed by atoms with van der Waals surface area (Å²) in [4.78, 5) is 27.6. The van der Waals surface area contributed by atoms with Gasteiger partial charge in [-0.2, -0.15) is 0 Å². The first-order valence-corrected chi connectivity index (χ1v) is 12.1. The fraction of sp³-hybridized carbons (Fsp3) is 0.379. The van der Waals surface area contributed by atoms with Crippen LogP contribution in [0, 0.1) is 5.41 Å². The van der Waals surface area contributed by atoms with Crippen molar-refractivity contribution >= 4 is 17.4 Å². The van der Waals surface area contributed by atoms with Crippen molar-refractivity contribution in [1.29, 1.82) is 0 Å². The lowest BCUT2D eigenvalue weighted by molar-refractivity contribution is -0.118. The number of dihydropyridines is 1. The predicted octanol–water partition coefficient (Wildman–Crippen LogP) is 4.96. The fourth-order valence-electron chi connectivity index (χ4n) is 5.26. The molecule has 1 aliphatic heterocycles. The van der Waals surface area contributed by atoms with Gasteiger partial charge in [0.1, 0.15) is 11.5 Å². The first-order chi connectivity index (χ1) is 17.6. The zero-order chi connectivity index (χ0) is 26.9. The number of anilines is 1. The molecule has 0 bridgehead atoms. The number of hydrogen-bond donors (Lipinski definition) is 2. The van der Waals surface area contributed by atoms with Crippen LogP contribution in [0.15, 0.2) is 58.9 Å². The van der Waals surface area contributed by atoms with E-state index >= 15 is 0 Å². The maximum Gasteiger partial charge on any atom is 0.254 e. The van der Waals surface area contributed by atoms with Gasteiger partial charge >= 0.3 is 0 Å². The number of benzene rings is 2. The molecule has 2 N–H and O–H groups in total. The summed E-state index contributed by atoms with van der Waals surface area (Å²) in [5.41, 5.74) is 3.46. The van der Waals surface area contributed by atoms with Crippen molar-refractivity contribution in [3.05, 3.63) is 64.5 Å². The molecule has 2 aromatic rings.